The number of fused-ring (bicyclic) bond motifs is 1. The molecule has 1 aromatic heterocycles. The summed E-state index contributed by atoms with van der Waals surface area (Å²) >= 11 is 0. The molecule has 0 atom stereocenters. The monoisotopic (exact) mass is 411 g/mol. The van der Waals surface area contributed by atoms with Crippen molar-refractivity contribution in [1.29, 1.82) is 0 Å². The van der Waals surface area contributed by atoms with Gasteiger partial charge in [-0.05, 0) is 47.0 Å². The number of ether oxygens (including phenoxy) is 2. The van der Waals surface area contributed by atoms with E-state index in [0.29, 0.717) is 33.7 Å². The van der Waals surface area contributed by atoms with Gasteiger partial charge in [-0.2, -0.15) is 13.2 Å². The Balaban J connectivity index is 1.92. The second-order valence-electron chi connectivity index (χ2n) is 6.97. The number of rotatable bonds is 5. The highest BCUT2D eigenvalue weighted by Crippen LogP contribution is 2.39. The number of aromatic amines is 1. The third kappa shape index (κ3) is 3.85. The summed E-state index contributed by atoms with van der Waals surface area (Å²) in [6.07, 6.45) is -5.38. The van der Waals surface area contributed by atoms with Gasteiger partial charge in [0.15, 0.2) is 11.5 Å². The maximum absolute atomic E-state index is 13.5. The van der Waals surface area contributed by atoms with Gasteiger partial charge in [0.25, 0.3) is 0 Å². The molecule has 154 valence electrons. The van der Waals surface area contributed by atoms with Gasteiger partial charge in [-0.3, -0.25) is 0 Å². The molecule has 1 N–H and O–H groups in total. The van der Waals surface area contributed by atoms with Crippen molar-refractivity contribution in [3.8, 4) is 33.9 Å². The van der Waals surface area contributed by atoms with Crippen molar-refractivity contribution in [1.82, 2.24) is 4.98 Å². The topological polar surface area (TPSA) is 34.2 Å². The molecule has 0 amide bonds. The SMILES string of the molecule is COc1ccc(-c2[nH]c3ccc(-c4ccccc4)cc3c2CC(F)(F)F)cc1OC. The number of aromatic nitrogens is 1. The fourth-order valence-electron chi connectivity index (χ4n) is 3.68. The molecule has 0 aliphatic heterocycles. The summed E-state index contributed by atoms with van der Waals surface area (Å²) in [6, 6.07) is 20.2. The van der Waals surface area contributed by atoms with Gasteiger partial charge in [0.1, 0.15) is 0 Å². The first-order chi connectivity index (χ1) is 14.4. The summed E-state index contributed by atoms with van der Waals surface area (Å²) in [7, 11) is 3.01. The van der Waals surface area contributed by atoms with Crippen molar-refractivity contribution >= 4 is 10.9 Å². The summed E-state index contributed by atoms with van der Waals surface area (Å²) < 4.78 is 51.0. The lowest BCUT2D eigenvalue weighted by molar-refractivity contribution is -0.126. The van der Waals surface area contributed by atoms with Crippen LogP contribution in [0.1, 0.15) is 5.56 Å². The molecular formula is C24H20F3NO2. The lowest BCUT2D eigenvalue weighted by atomic mass is 9.99. The Morgan fingerprint density at radius 2 is 1.47 bits per heavy atom. The summed E-state index contributed by atoms with van der Waals surface area (Å²) in [5.41, 5.74) is 3.70. The van der Waals surface area contributed by atoms with Crippen LogP contribution in [0.25, 0.3) is 33.3 Å². The molecule has 0 aliphatic carbocycles. The van der Waals surface area contributed by atoms with Crippen molar-refractivity contribution in [2.45, 2.75) is 12.6 Å². The van der Waals surface area contributed by atoms with E-state index < -0.39 is 12.6 Å². The molecule has 0 saturated carbocycles. The molecule has 4 aromatic rings. The van der Waals surface area contributed by atoms with Crippen molar-refractivity contribution in [2.24, 2.45) is 0 Å². The molecule has 1 heterocycles. The van der Waals surface area contributed by atoms with E-state index in [-0.39, 0.29) is 5.56 Å². The molecule has 4 rings (SSSR count). The zero-order valence-electron chi connectivity index (χ0n) is 16.5. The molecule has 3 aromatic carbocycles. The second-order valence-corrected chi connectivity index (χ2v) is 6.97. The van der Waals surface area contributed by atoms with Gasteiger partial charge < -0.3 is 14.5 Å². The first kappa shape index (κ1) is 19.9. The predicted molar refractivity (Wildman–Crippen MR) is 112 cm³/mol. The molecule has 0 bridgehead atoms. The fourth-order valence-corrected chi connectivity index (χ4v) is 3.68. The second kappa shape index (κ2) is 7.78. The summed E-state index contributed by atoms with van der Waals surface area (Å²) in [4.78, 5) is 3.17. The first-order valence-electron chi connectivity index (χ1n) is 9.39. The number of benzene rings is 3. The Bertz CT molecular complexity index is 1180. The van der Waals surface area contributed by atoms with Gasteiger partial charge in [0.05, 0.1) is 26.3 Å². The van der Waals surface area contributed by atoms with E-state index in [2.05, 4.69) is 4.98 Å². The van der Waals surface area contributed by atoms with Crippen molar-refractivity contribution < 1.29 is 22.6 Å². The number of H-pyrrole nitrogens is 1. The van der Waals surface area contributed by atoms with Crippen LogP contribution in [0, 0.1) is 0 Å². The molecule has 30 heavy (non-hydrogen) atoms. The number of alkyl halides is 3. The average Bonchev–Trinajstić information content (AvgIpc) is 3.10. The van der Waals surface area contributed by atoms with Crippen LogP contribution < -0.4 is 9.47 Å². The van der Waals surface area contributed by atoms with Crippen LogP contribution in [0.2, 0.25) is 0 Å². The quantitative estimate of drug-likeness (QED) is 0.400. The van der Waals surface area contributed by atoms with E-state index in [0.717, 1.165) is 11.1 Å². The van der Waals surface area contributed by atoms with Crippen molar-refractivity contribution in [2.75, 3.05) is 14.2 Å². The van der Waals surface area contributed by atoms with Crippen molar-refractivity contribution in [3.63, 3.8) is 0 Å². The minimum atomic E-state index is -4.34. The van der Waals surface area contributed by atoms with E-state index in [1.165, 1.54) is 14.2 Å². The maximum atomic E-state index is 13.5. The Kier molecular flexibility index (Phi) is 5.16. The van der Waals surface area contributed by atoms with E-state index in [1.807, 2.05) is 48.5 Å². The van der Waals surface area contributed by atoms with Crippen LogP contribution in [0.4, 0.5) is 13.2 Å². The summed E-state index contributed by atoms with van der Waals surface area (Å²) in [5.74, 6) is 0.970. The Morgan fingerprint density at radius 3 is 2.13 bits per heavy atom. The molecule has 0 spiro atoms. The van der Waals surface area contributed by atoms with Gasteiger partial charge in [-0.1, -0.05) is 36.4 Å². The first-order valence-corrected chi connectivity index (χ1v) is 9.39. The smallest absolute Gasteiger partial charge is 0.393 e. The maximum Gasteiger partial charge on any atom is 0.393 e. The number of hydrogen-bond acceptors (Lipinski definition) is 2. The molecule has 0 unspecified atom stereocenters. The van der Waals surface area contributed by atoms with E-state index in [1.54, 1.807) is 18.2 Å². The van der Waals surface area contributed by atoms with Crippen LogP contribution in [0.3, 0.4) is 0 Å². The van der Waals surface area contributed by atoms with Gasteiger partial charge in [0, 0.05) is 16.5 Å². The highest BCUT2D eigenvalue weighted by atomic mass is 19.4. The van der Waals surface area contributed by atoms with Gasteiger partial charge in [-0.15, -0.1) is 0 Å². The van der Waals surface area contributed by atoms with Crippen molar-refractivity contribution in [3.05, 3.63) is 72.3 Å². The number of methoxy groups -OCH3 is 2. The summed E-state index contributed by atoms with van der Waals surface area (Å²) in [6.45, 7) is 0. The minimum Gasteiger partial charge on any atom is -0.493 e. The van der Waals surface area contributed by atoms with Crippen LogP contribution in [0.15, 0.2) is 66.7 Å². The molecular weight excluding hydrogens is 391 g/mol. The minimum absolute atomic E-state index is 0.211. The third-order valence-corrected chi connectivity index (χ3v) is 5.06. The molecule has 3 nitrogen and oxygen atoms in total. The number of halogens is 3. The zero-order valence-corrected chi connectivity index (χ0v) is 16.5. The van der Waals surface area contributed by atoms with Crippen LogP contribution >= 0.6 is 0 Å². The Morgan fingerprint density at radius 1 is 0.767 bits per heavy atom. The third-order valence-electron chi connectivity index (χ3n) is 5.06. The highest BCUT2D eigenvalue weighted by Gasteiger charge is 2.31. The Hall–Kier alpha value is -3.41. The van der Waals surface area contributed by atoms with Gasteiger partial charge in [0.2, 0.25) is 0 Å². The average molecular weight is 411 g/mol. The van der Waals surface area contributed by atoms with Gasteiger partial charge >= 0.3 is 6.18 Å². The normalized spacial score (nSPS) is 11.6. The fraction of sp³-hybridized carbons (Fsp3) is 0.167. The molecule has 0 aliphatic rings. The largest absolute Gasteiger partial charge is 0.493 e. The number of nitrogens with one attached hydrogen (secondary N) is 1. The van der Waals surface area contributed by atoms with E-state index >= 15 is 0 Å². The van der Waals surface area contributed by atoms with Crippen LogP contribution in [-0.2, 0) is 6.42 Å². The molecule has 0 radical (unpaired) electrons. The van der Waals surface area contributed by atoms with Crippen LogP contribution in [0.5, 0.6) is 11.5 Å². The zero-order chi connectivity index (χ0) is 21.3. The summed E-state index contributed by atoms with van der Waals surface area (Å²) in [5, 5.41) is 0.554. The predicted octanol–water partition coefficient (Wildman–Crippen LogP) is 6.62. The standard InChI is InChI=1S/C24H20F3NO2/c1-29-21-11-9-17(13-22(21)30-2)23-19(14-24(25,26)27)18-12-16(8-10-20(18)28-23)15-6-4-3-5-7-15/h3-13,28H,14H2,1-2H3. The van der Waals surface area contributed by atoms with E-state index in [4.69, 9.17) is 9.47 Å². The van der Waals surface area contributed by atoms with Crippen LogP contribution in [-0.4, -0.2) is 25.4 Å². The van der Waals surface area contributed by atoms with Gasteiger partial charge in [-0.25, -0.2) is 0 Å². The molecule has 0 saturated heterocycles. The van der Waals surface area contributed by atoms with E-state index in [9.17, 15) is 13.2 Å². The number of hydrogen-bond donors (Lipinski definition) is 1. The lowest BCUT2D eigenvalue weighted by Gasteiger charge is -2.12. The molecule has 6 heteroatoms. The Labute approximate surface area is 172 Å². The molecule has 0 fully saturated rings. The lowest BCUT2D eigenvalue weighted by Crippen LogP contribution is -2.12. The highest BCUT2D eigenvalue weighted by molar-refractivity contribution is 5.94.